The van der Waals surface area contributed by atoms with Crippen LogP contribution in [0.1, 0.15) is 10.4 Å². The third kappa shape index (κ3) is 2.36. The Balaban J connectivity index is 2.08. The lowest BCUT2D eigenvalue weighted by Gasteiger charge is -2.07. The smallest absolute Gasteiger partial charge is 0.353 e. The van der Waals surface area contributed by atoms with Crippen molar-refractivity contribution in [2.75, 3.05) is 5.32 Å². The molecule has 2 N–H and O–H groups in total. The minimum atomic E-state index is -0.875. The van der Waals surface area contributed by atoms with Crippen LogP contribution in [0, 0.1) is 0 Å². The number of carbonyl (C=O) groups excluding carboxylic acids is 1. The van der Waals surface area contributed by atoms with E-state index in [9.17, 15) is 14.7 Å². The van der Waals surface area contributed by atoms with E-state index in [4.69, 9.17) is 4.42 Å². The fourth-order valence-electron chi connectivity index (χ4n) is 2.05. The molecule has 0 atom stereocenters. The molecule has 2 aromatic carbocycles. The molecular formula is C16H11NO4. The lowest BCUT2D eigenvalue weighted by Crippen LogP contribution is -2.21. The van der Waals surface area contributed by atoms with Gasteiger partial charge in [-0.05, 0) is 24.3 Å². The van der Waals surface area contributed by atoms with E-state index in [1.54, 1.807) is 54.6 Å². The average Bonchev–Trinajstić information content (AvgIpc) is 2.48. The summed E-state index contributed by atoms with van der Waals surface area (Å²) in [6.45, 7) is 0. The molecule has 0 bridgehead atoms. The van der Waals surface area contributed by atoms with Crippen molar-refractivity contribution in [3.63, 3.8) is 0 Å². The number of benzene rings is 2. The van der Waals surface area contributed by atoms with E-state index < -0.39 is 17.1 Å². The molecule has 3 aromatic rings. The molecule has 1 heterocycles. The highest BCUT2D eigenvalue weighted by Crippen LogP contribution is 2.26. The van der Waals surface area contributed by atoms with Crippen molar-refractivity contribution in [1.82, 2.24) is 0 Å². The number of hydrogen-bond acceptors (Lipinski definition) is 4. The molecule has 0 unspecified atom stereocenters. The maximum Gasteiger partial charge on any atom is 0.353 e. The van der Waals surface area contributed by atoms with Crippen molar-refractivity contribution in [2.24, 2.45) is 0 Å². The van der Waals surface area contributed by atoms with Gasteiger partial charge in [-0.15, -0.1) is 0 Å². The van der Waals surface area contributed by atoms with Gasteiger partial charge in [0, 0.05) is 5.69 Å². The molecule has 21 heavy (non-hydrogen) atoms. The van der Waals surface area contributed by atoms with E-state index >= 15 is 0 Å². The molecule has 0 aliphatic heterocycles. The van der Waals surface area contributed by atoms with Gasteiger partial charge in [0.2, 0.25) is 0 Å². The maximum atomic E-state index is 12.2. The molecule has 0 aliphatic carbocycles. The third-order valence-corrected chi connectivity index (χ3v) is 3.04. The highest BCUT2D eigenvalue weighted by atomic mass is 16.4. The summed E-state index contributed by atoms with van der Waals surface area (Å²) in [5.74, 6) is -1.09. The monoisotopic (exact) mass is 281 g/mol. The summed E-state index contributed by atoms with van der Waals surface area (Å²) in [6, 6.07) is 15.1. The lowest BCUT2D eigenvalue weighted by atomic mass is 10.1. The Morgan fingerprint density at radius 1 is 1.00 bits per heavy atom. The van der Waals surface area contributed by atoms with Crippen LogP contribution in [0.2, 0.25) is 0 Å². The Morgan fingerprint density at radius 2 is 1.67 bits per heavy atom. The standard InChI is InChI=1S/C16H11NO4/c18-14-11-8-4-5-9-12(11)21-16(20)13(14)15(19)17-10-6-2-1-3-7-10/h1-9,18H,(H,17,19). The van der Waals surface area contributed by atoms with Gasteiger partial charge in [-0.1, -0.05) is 30.3 Å². The van der Waals surface area contributed by atoms with E-state index in [1.165, 1.54) is 0 Å². The van der Waals surface area contributed by atoms with Gasteiger partial charge in [0.15, 0.2) is 5.56 Å². The normalized spacial score (nSPS) is 10.5. The van der Waals surface area contributed by atoms with Crippen molar-refractivity contribution in [1.29, 1.82) is 0 Å². The van der Waals surface area contributed by atoms with Crippen LogP contribution in [-0.2, 0) is 0 Å². The Labute approximate surface area is 119 Å². The van der Waals surface area contributed by atoms with Gasteiger partial charge in [0.1, 0.15) is 11.3 Å². The lowest BCUT2D eigenvalue weighted by molar-refractivity contribution is 0.102. The van der Waals surface area contributed by atoms with E-state index in [0.29, 0.717) is 11.1 Å². The van der Waals surface area contributed by atoms with Crippen LogP contribution in [0.25, 0.3) is 11.0 Å². The molecule has 0 radical (unpaired) electrons. The van der Waals surface area contributed by atoms with Crippen molar-refractivity contribution in [3.05, 3.63) is 70.6 Å². The van der Waals surface area contributed by atoms with E-state index in [2.05, 4.69) is 5.32 Å². The van der Waals surface area contributed by atoms with Gasteiger partial charge in [-0.2, -0.15) is 0 Å². The molecule has 5 heteroatoms. The summed E-state index contributed by atoms with van der Waals surface area (Å²) in [4.78, 5) is 24.1. The Hall–Kier alpha value is -3.08. The fraction of sp³-hybridized carbons (Fsp3) is 0. The first-order valence-electron chi connectivity index (χ1n) is 6.28. The van der Waals surface area contributed by atoms with Gasteiger partial charge in [-0.25, -0.2) is 4.79 Å². The van der Waals surface area contributed by atoms with Crippen LogP contribution in [0.5, 0.6) is 5.75 Å². The number of hydrogen-bond donors (Lipinski definition) is 2. The molecule has 1 amide bonds. The number of nitrogens with one attached hydrogen (secondary N) is 1. The Bertz CT molecular complexity index is 868. The summed E-state index contributed by atoms with van der Waals surface area (Å²) in [5, 5.41) is 13.0. The Kier molecular flexibility index (Phi) is 3.16. The zero-order chi connectivity index (χ0) is 14.8. The van der Waals surface area contributed by atoms with Crippen LogP contribution < -0.4 is 10.9 Å². The SMILES string of the molecule is O=C(Nc1ccccc1)c1c(O)c2ccccc2oc1=O. The molecule has 0 fully saturated rings. The second kappa shape index (κ2) is 5.13. The summed E-state index contributed by atoms with van der Waals surface area (Å²) in [6.07, 6.45) is 0. The number of rotatable bonds is 2. The quantitative estimate of drug-likeness (QED) is 0.708. The Morgan fingerprint density at radius 3 is 2.43 bits per heavy atom. The minimum Gasteiger partial charge on any atom is -0.506 e. The number of para-hydroxylation sites is 2. The number of aromatic hydroxyl groups is 1. The second-order valence-corrected chi connectivity index (χ2v) is 4.43. The zero-order valence-corrected chi connectivity index (χ0v) is 10.9. The van der Waals surface area contributed by atoms with Crippen molar-refractivity contribution in [2.45, 2.75) is 0 Å². The average molecular weight is 281 g/mol. The van der Waals surface area contributed by atoms with Gasteiger partial charge in [0.25, 0.3) is 5.91 Å². The van der Waals surface area contributed by atoms with Gasteiger partial charge >= 0.3 is 5.63 Å². The largest absolute Gasteiger partial charge is 0.506 e. The first-order chi connectivity index (χ1) is 10.2. The molecule has 0 saturated heterocycles. The van der Waals surface area contributed by atoms with Crippen LogP contribution in [-0.4, -0.2) is 11.0 Å². The van der Waals surface area contributed by atoms with Crippen molar-refractivity contribution in [3.8, 4) is 5.75 Å². The fourth-order valence-corrected chi connectivity index (χ4v) is 2.05. The van der Waals surface area contributed by atoms with Gasteiger partial charge in [-0.3, -0.25) is 4.79 Å². The van der Waals surface area contributed by atoms with Crippen molar-refractivity contribution < 1.29 is 14.3 Å². The molecule has 3 rings (SSSR count). The van der Waals surface area contributed by atoms with E-state index in [-0.39, 0.29) is 11.3 Å². The third-order valence-electron chi connectivity index (χ3n) is 3.04. The molecule has 0 spiro atoms. The molecule has 0 aliphatic rings. The number of carbonyl (C=O) groups is 1. The highest BCUT2D eigenvalue weighted by molar-refractivity contribution is 6.08. The highest BCUT2D eigenvalue weighted by Gasteiger charge is 2.20. The first kappa shape index (κ1) is 12.9. The minimum absolute atomic E-state index is 0.233. The number of anilines is 1. The number of amides is 1. The maximum absolute atomic E-state index is 12.2. The van der Waals surface area contributed by atoms with Crippen LogP contribution in [0.15, 0.2) is 63.8 Å². The predicted octanol–water partition coefficient (Wildman–Crippen LogP) is 2.75. The van der Waals surface area contributed by atoms with E-state index in [1.807, 2.05) is 0 Å². The molecule has 1 aromatic heterocycles. The summed E-state index contributed by atoms with van der Waals surface area (Å²) in [5.41, 5.74) is -0.525. The molecular weight excluding hydrogens is 270 g/mol. The number of fused-ring (bicyclic) bond motifs is 1. The molecule has 5 nitrogen and oxygen atoms in total. The first-order valence-corrected chi connectivity index (χ1v) is 6.28. The summed E-state index contributed by atoms with van der Waals surface area (Å²) < 4.78 is 5.06. The second-order valence-electron chi connectivity index (χ2n) is 4.43. The predicted molar refractivity (Wildman–Crippen MR) is 78.5 cm³/mol. The topological polar surface area (TPSA) is 79.5 Å². The van der Waals surface area contributed by atoms with Crippen LogP contribution in [0.3, 0.4) is 0 Å². The van der Waals surface area contributed by atoms with E-state index in [0.717, 1.165) is 0 Å². The summed E-state index contributed by atoms with van der Waals surface area (Å²) in [7, 11) is 0. The molecule has 104 valence electrons. The van der Waals surface area contributed by atoms with Gasteiger partial charge < -0.3 is 14.8 Å². The van der Waals surface area contributed by atoms with Crippen LogP contribution >= 0.6 is 0 Å². The van der Waals surface area contributed by atoms with Crippen LogP contribution in [0.4, 0.5) is 5.69 Å². The zero-order valence-electron chi connectivity index (χ0n) is 10.9. The van der Waals surface area contributed by atoms with Crippen molar-refractivity contribution >= 4 is 22.6 Å². The summed E-state index contributed by atoms with van der Waals surface area (Å²) >= 11 is 0. The van der Waals surface area contributed by atoms with Gasteiger partial charge in [0.05, 0.1) is 5.39 Å². The molecule has 0 saturated carbocycles.